The molecule has 0 fully saturated rings. The lowest BCUT2D eigenvalue weighted by molar-refractivity contribution is 0.332. The minimum absolute atomic E-state index is 0.0815. The van der Waals surface area contributed by atoms with Crippen molar-refractivity contribution in [3.63, 3.8) is 0 Å². The number of nitrogens with one attached hydrogen (secondary N) is 2. The van der Waals surface area contributed by atoms with E-state index in [9.17, 15) is 4.79 Å². The van der Waals surface area contributed by atoms with Gasteiger partial charge >= 0.3 is 0 Å². The maximum atomic E-state index is 11.2. The number of nitrogens with zero attached hydrogens (tertiary/aromatic N) is 1. The highest BCUT2D eigenvalue weighted by molar-refractivity contribution is 5.58. The molecule has 2 rings (SSSR count). The third kappa shape index (κ3) is 3.48. The van der Waals surface area contributed by atoms with Gasteiger partial charge in [0, 0.05) is 0 Å². The monoisotopic (exact) mass is 260 g/mol. The molecule has 19 heavy (non-hydrogen) atoms. The van der Waals surface area contributed by atoms with Crippen LogP contribution in [0.5, 0.6) is 5.75 Å². The predicted octanol–water partition coefficient (Wildman–Crippen LogP) is 1.15. The fraction of sp³-hybridized carbons (Fsp3) is 0.231. The Bertz CT molecular complexity index is 610. The number of aromatic nitrogens is 2. The Labute approximate surface area is 110 Å². The molecule has 1 aromatic heterocycles. The molecule has 2 aromatic rings. The van der Waals surface area contributed by atoms with Crippen molar-refractivity contribution in [3.05, 3.63) is 46.5 Å². The molecule has 1 aromatic carbocycles. The van der Waals surface area contributed by atoms with Crippen molar-refractivity contribution in [1.82, 2.24) is 9.97 Å². The highest BCUT2D eigenvalue weighted by Crippen LogP contribution is 2.12. The van der Waals surface area contributed by atoms with Crippen LogP contribution in [0.4, 0.5) is 11.5 Å². The SMILES string of the molecule is Cc1cccc(OCCNc2nc[nH]c(=O)c2N)c1. The molecular weight excluding hydrogens is 244 g/mol. The number of aryl methyl sites for hydroxylation is 1. The number of benzene rings is 1. The van der Waals surface area contributed by atoms with Gasteiger partial charge in [0.25, 0.3) is 5.56 Å². The van der Waals surface area contributed by atoms with E-state index in [1.807, 2.05) is 31.2 Å². The highest BCUT2D eigenvalue weighted by Gasteiger charge is 2.03. The lowest BCUT2D eigenvalue weighted by Crippen LogP contribution is -2.19. The van der Waals surface area contributed by atoms with Crippen LogP contribution in [0.3, 0.4) is 0 Å². The lowest BCUT2D eigenvalue weighted by Gasteiger charge is -2.09. The summed E-state index contributed by atoms with van der Waals surface area (Å²) in [5.74, 6) is 1.19. The predicted molar refractivity (Wildman–Crippen MR) is 74.4 cm³/mol. The Balaban J connectivity index is 1.84. The highest BCUT2D eigenvalue weighted by atomic mass is 16.5. The van der Waals surface area contributed by atoms with Crippen LogP contribution in [0, 0.1) is 6.92 Å². The van der Waals surface area contributed by atoms with Crippen molar-refractivity contribution >= 4 is 11.5 Å². The second-order valence-electron chi connectivity index (χ2n) is 4.09. The van der Waals surface area contributed by atoms with E-state index in [0.717, 1.165) is 11.3 Å². The molecule has 1 heterocycles. The van der Waals surface area contributed by atoms with Crippen LogP contribution in [0.2, 0.25) is 0 Å². The molecule has 0 amide bonds. The van der Waals surface area contributed by atoms with Gasteiger partial charge in [-0.15, -0.1) is 0 Å². The third-order valence-electron chi connectivity index (χ3n) is 2.54. The second-order valence-corrected chi connectivity index (χ2v) is 4.09. The number of nitrogens with two attached hydrogens (primary N) is 1. The molecule has 0 aliphatic rings. The molecule has 0 radical (unpaired) electrons. The Morgan fingerprint density at radius 2 is 2.32 bits per heavy atom. The van der Waals surface area contributed by atoms with Crippen LogP contribution >= 0.6 is 0 Å². The smallest absolute Gasteiger partial charge is 0.276 e. The number of rotatable bonds is 5. The van der Waals surface area contributed by atoms with Crippen LogP contribution in [0.25, 0.3) is 0 Å². The standard InChI is InChI=1S/C13H16N4O2/c1-9-3-2-4-10(7-9)19-6-5-15-12-11(14)13(18)17-8-16-12/h2-4,7-8H,5-6,14H2,1H3,(H2,15,16,17,18). The first-order valence-corrected chi connectivity index (χ1v) is 5.93. The van der Waals surface area contributed by atoms with Gasteiger partial charge in [-0.05, 0) is 24.6 Å². The normalized spacial score (nSPS) is 10.2. The van der Waals surface area contributed by atoms with Gasteiger partial charge in [0.1, 0.15) is 18.0 Å². The van der Waals surface area contributed by atoms with Crippen molar-refractivity contribution in [3.8, 4) is 5.75 Å². The number of aromatic amines is 1. The van der Waals surface area contributed by atoms with Gasteiger partial charge in [0.15, 0.2) is 5.82 Å². The molecule has 100 valence electrons. The van der Waals surface area contributed by atoms with E-state index in [-0.39, 0.29) is 11.2 Å². The van der Waals surface area contributed by atoms with E-state index in [0.29, 0.717) is 19.0 Å². The molecule has 0 saturated carbocycles. The molecule has 4 N–H and O–H groups in total. The first-order valence-electron chi connectivity index (χ1n) is 5.93. The molecule has 6 nitrogen and oxygen atoms in total. The minimum atomic E-state index is -0.350. The molecule has 0 unspecified atom stereocenters. The molecule has 0 aliphatic carbocycles. The summed E-state index contributed by atoms with van der Waals surface area (Å²) < 4.78 is 5.56. The van der Waals surface area contributed by atoms with Gasteiger partial charge in [-0.3, -0.25) is 4.79 Å². The molecule has 0 aliphatic heterocycles. The zero-order chi connectivity index (χ0) is 13.7. The number of ether oxygens (including phenoxy) is 1. The number of anilines is 2. The number of hydrogen-bond acceptors (Lipinski definition) is 5. The minimum Gasteiger partial charge on any atom is -0.492 e. The summed E-state index contributed by atoms with van der Waals surface area (Å²) in [5.41, 5.74) is 6.46. The van der Waals surface area contributed by atoms with Crippen molar-refractivity contribution in [2.75, 3.05) is 24.2 Å². The molecule has 6 heteroatoms. The number of H-pyrrole nitrogens is 1. The van der Waals surface area contributed by atoms with Gasteiger partial charge in [-0.2, -0.15) is 0 Å². The topological polar surface area (TPSA) is 93.0 Å². The van der Waals surface area contributed by atoms with Crippen LogP contribution in [0.1, 0.15) is 5.56 Å². The average molecular weight is 260 g/mol. The fourth-order valence-electron chi connectivity index (χ4n) is 1.59. The summed E-state index contributed by atoms with van der Waals surface area (Å²) in [6, 6.07) is 7.80. The van der Waals surface area contributed by atoms with E-state index in [4.69, 9.17) is 10.5 Å². The maximum Gasteiger partial charge on any atom is 0.276 e. The van der Waals surface area contributed by atoms with Crippen LogP contribution < -0.4 is 21.3 Å². The van der Waals surface area contributed by atoms with Crippen molar-refractivity contribution in [1.29, 1.82) is 0 Å². The first-order chi connectivity index (χ1) is 9.16. The summed E-state index contributed by atoms with van der Waals surface area (Å²) in [6.07, 6.45) is 1.31. The summed E-state index contributed by atoms with van der Waals surface area (Å²) >= 11 is 0. The third-order valence-corrected chi connectivity index (χ3v) is 2.54. The molecule has 0 atom stereocenters. The van der Waals surface area contributed by atoms with Gasteiger partial charge in [-0.25, -0.2) is 4.98 Å². The van der Waals surface area contributed by atoms with E-state index in [1.54, 1.807) is 0 Å². The van der Waals surface area contributed by atoms with E-state index < -0.39 is 0 Å². The summed E-state index contributed by atoms with van der Waals surface area (Å²) in [5, 5.41) is 2.96. The Hall–Kier alpha value is -2.50. The first kappa shape index (κ1) is 12.9. The zero-order valence-electron chi connectivity index (χ0n) is 10.6. The van der Waals surface area contributed by atoms with Crippen molar-refractivity contribution in [2.45, 2.75) is 6.92 Å². The summed E-state index contributed by atoms with van der Waals surface area (Å²) in [6.45, 7) is 2.97. The van der Waals surface area contributed by atoms with Crippen LogP contribution in [0.15, 0.2) is 35.4 Å². The van der Waals surface area contributed by atoms with Crippen LogP contribution in [-0.2, 0) is 0 Å². The van der Waals surface area contributed by atoms with E-state index in [2.05, 4.69) is 15.3 Å². The van der Waals surface area contributed by atoms with Gasteiger partial charge in [-0.1, -0.05) is 12.1 Å². The quantitative estimate of drug-likeness (QED) is 0.701. The van der Waals surface area contributed by atoms with E-state index in [1.165, 1.54) is 6.33 Å². The van der Waals surface area contributed by atoms with Crippen molar-refractivity contribution in [2.24, 2.45) is 0 Å². The molecule has 0 spiro atoms. The van der Waals surface area contributed by atoms with Gasteiger partial charge in [0.2, 0.25) is 0 Å². The van der Waals surface area contributed by atoms with Crippen LogP contribution in [-0.4, -0.2) is 23.1 Å². The average Bonchev–Trinajstić information content (AvgIpc) is 2.39. The van der Waals surface area contributed by atoms with Gasteiger partial charge in [0.05, 0.1) is 12.9 Å². The summed E-state index contributed by atoms with van der Waals surface area (Å²) in [4.78, 5) is 17.6. The number of nitrogen functional groups attached to an aromatic ring is 1. The second kappa shape index (κ2) is 5.90. The van der Waals surface area contributed by atoms with Gasteiger partial charge < -0.3 is 20.8 Å². The Kier molecular flexibility index (Phi) is 4.02. The maximum absolute atomic E-state index is 11.2. The number of hydrogen-bond donors (Lipinski definition) is 3. The molecule has 0 saturated heterocycles. The van der Waals surface area contributed by atoms with Crippen molar-refractivity contribution < 1.29 is 4.74 Å². The van der Waals surface area contributed by atoms with E-state index >= 15 is 0 Å². The summed E-state index contributed by atoms with van der Waals surface area (Å²) in [7, 11) is 0. The lowest BCUT2D eigenvalue weighted by atomic mass is 10.2. The fourth-order valence-corrected chi connectivity index (χ4v) is 1.59. The largest absolute Gasteiger partial charge is 0.492 e. The Morgan fingerprint density at radius 1 is 1.47 bits per heavy atom. The molecule has 0 bridgehead atoms. The molecular formula is C13H16N4O2. The Morgan fingerprint density at radius 3 is 3.11 bits per heavy atom. The zero-order valence-corrected chi connectivity index (χ0v) is 10.6.